The molecule has 2 heterocycles. The van der Waals surface area contributed by atoms with Crippen molar-refractivity contribution < 1.29 is 13.9 Å². The van der Waals surface area contributed by atoms with Crippen LogP contribution in [0.5, 0.6) is 0 Å². The van der Waals surface area contributed by atoms with Crippen molar-refractivity contribution in [2.24, 2.45) is 10.7 Å². The van der Waals surface area contributed by atoms with Crippen LogP contribution in [0.1, 0.15) is 39.1 Å². The maximum absolute atomic E-state index is 13.1. The number of rotatable bonds is 9. The molecule has 1 amide bonds. The SMILES string of the molecule is C=C(O/C(=N\C)C(C)(N)Cc1ccccc1)c1cc(C(=O)NCc2nc(C)cs2)cc(-c2ncco2)c1. The number of nitrogens with two attached hydrogens (primary N) is 1. The third-order valence-corrected chi connectivity index (χ3v) is 6.56. The topological polar surface area (TPSA) is 116 Å². The lowest BCUT2D eigenvalue weighted by molar-refractivity contribution is 0.0951. The van der Waals surface area contributed by atoms with Crippen molar-refractivity contribution in [1.82, 2.24) is 15.3 Å². The molecular weight excluding hydrogens is 486 g/mol. The highest BCUT2D eigenvalue weighted by Gasteiger charge is 2.29. The molecule has 2 aromatic carbocycles. The summed E-state index contributed by atoms with van der Waals surface area (Å²) < 4.78 is 11.6. The van der Waals surface area contributed by atoms with E-state index in [4.69, 9.17) is 14.9 Å². The van der Waals surface area contributed by atoms with E-state index in [1.165, 1.54) is 17.6 Å². The molecule has 0 saturated carbocycles. The number of nitrogens with zero attached hydrogens (tertiary/aromatic N) is 3. The molecule has 2 aromatic heterocycles. The zero-order chi connectivity index (χ0) is 26.4. The van der Waals surface area contributed by atoms with Crippen LogP contribution in [-0.2, 0) is 17.7 Å². The van der Waals surface area contributed by atoms with Gasteiger partial charge < -0.3 is 20.2 Å². The molecule has 0 fully saturated rings. The zero-order valence-corrected chi connectivity index (χ0v) is 21.8. The van der Waals surface area contributed by atoms with Gasteiger partial charge in [0.15, 0.2) is 0 Å². The van der Waals surface area contributed by atoms with Crippen LogP contribution in [-0.4, -0.2) is 34.4 Å². The number of hydrogen-bond donors (Lipinski definition) is 2. The molecule has 37 heavy (non-hydrogen) atoms. The summed E-state index contributed by atoms with van der Waals surface area (Å²) in [6.45, 7) is 8.20. The number of carbonyl (C=O) groups excluding carboxylic acids is 1. The van der Waals surface area contributed by atoms with Gasteiger partial charge in [-0.1, -0.05) is 36.9 Å². The van der Waals surface area contributed by atoms with Gasteiger partial charge in [0.05, 0.1) is 18.3 Å². The van der Waals surface area contributed by atoms with Gasteiger partial charge in [0.25, 0.3) is 5.91 Å². The lowest BCUT2D eigenvalue weighted by Crippen LogP contribution is -2.48. The van der Waals surface area contributed by atoms with Crippen molar-refractivity contribution in [2.45, 2.75) is 32.4 Å². The first-order valence-electron chi connectivity index (χ1n) is 11.7. The van der Waals surface area contributed by atoms with Crippen LogP contribution in [0, 0.1) is 6.92 Å². The summed E-state index contributed by atoms with van der Waals surface area (Å²) in [7, 11) is 1.63. The number of ether oxygens (including phenoxy) is 1. The Morgan fingerprint density at radius 2 is 2.00 bits per heavy atom. The van der Waals surface area contributed by atoms with Crippen LogP contribution >= 0.6 is 11.3 Å². The van der Waals surface area contributed by atoms with E-state index in [9.17, 15) is 4.79 Å². The quantitative estimate of drug-likeness (QED) is 0.184. The summed E-state index contributed by atoms with van der Waals surface area (Å²) in [5.74, 6) is 0.722. The van der Waals surface area contributed by atoms with E-state index in [2.05, 4.69) is 26.9 Å². The molecule has 0 radical (unpaired) electrons. The van der Waals surface area contributed by atoms with Gasteiger partial charge in [-0.05, 0) is 44.0 Å². The van der Waals surface area contributed by atoms with E-state index < -0.39 is 5.54 Å². The van der Waals surface area contributed by atoms with Crippen LogP contribution < -0.4 is 11.1 Å². The standard InChI is InChI=1S/C28H29N5O3S/c1-18-17-37-24(33-18)16-32-25(34)22-12-21(13-23(14-22)26-31-10-11-35-26)19(2)36-27(30-4)28(3,29)15-20-8-6-5-7-9-20/h5-14,17H,2,15-16,29H2,1,3-4H3,(H,32,34)/b30-27-. The van der Waals surface area contributed by atoms with Gasteiger partial charge in [-0.25, -0.2) is 9.97 Å². The maximum Gasteiger partial charge on any atom is 0.251 e. The highest BCUT2D eigenvalue weighted by Crippen LogP contribution is 2.27. The molecule has 8 nitrogen and oxygen atoms in total. The summed E-state index contributed by atoms with van der Waals surface area (Å²) >= 11 is 1.50. The van der Waals surface area contributed by atoms with Gasteiger partial charge in [0, 0.05) is 34.8 Å². The smallest absolute Gasteiger partial charge is 0.251 e. The van der Waals surface area contributed by atoms with E-state index in [0.717, 1.165) is 16.3 Å². The molecule has 0 aliphatic carbocycles. The van der Waals surface area contributed by atoms with E-state index in [1.54, 1.807) is 31.4 Å². The van der Waals surface area contributed by atoms with Crippen LogP contribution in [0.4, 0.5) is 0 Å². The fourth-order valence-electron chi connectivity index (χ4n) is 3.84. The summed E-state index contributed by atoms with van der Waals surface area (Å²) in [5.41, 5.74) is 9.30. The Labute approximate surface area is 219 Å². The second-order valence-electron chi connectivity index (χ2n) is 8.84. The summed E-state index contributed by atoms with van der Waals surface area (Å²) in [6.07, 6.45) is 3.54. The van der Waals surface area contributed by atoms with E-state index >= 15 is 0 Å². The lowest BCUT2D eigenvalue weighted by atomic mass is 9.93. The minimum absolute atomic E-state index is 0.271. The highest BCUT2D eigenvalue weighted by molar-refractivity contribution is 7.09. The maximum atomic E-state index is 13.1. The van der Waals surface area contributed by atoms with Crippen LogP contribution in [0.3, 0.4) is 0 Å². The van der Waals surface area contributed by atoms with E-state index in [-0.39, 0.29) is 5.91 Å². The van der Waals surface area contributed by atoms with Crippen molar-refractivity contribution in [3.8, 4) is 11.5 Å². The Morgan fingerprint density at radius 1 is 1.24 bits per heavy atom. The monoisotopic (exact) mass is 515 g/mol. The summed E-state index contributed by atoms with van der Waals surface area (Å²) in [4.78, 5) is 26.0. The minimum Gasteiger partial charge on any atom is -0.445 e. The predicted molar refractivity (Wildman–Crippen MR) is 146 cm³/mol. The van der Waals surface area contributed by atoms with E-state index in [1.807, 2.05) is 49.6 Å². The molecule has 0 bridgehead atoms. The fourth-order valence-corrected chi connectivity index (χ4v) is 4.55. The highest BCUT2D eigenvalue weighted by atomic mass is 32.1. The number of amides is 1. The molecule has 1 unspecified atom stereocenters. The molecule has 190 valence electrons. The number of oxazole rings is 1. The fraction of sp³-hybridized carbons (Fsp3) is 0.214. The molecule has 0 aliphatic rings. The zero-order valence-electron chi connectivity index (χ0n) is 21.0. The molecular formula is C28H29N5O3S. The van der Waals surface area contributed by atoms with Crippen molar-refractivity contribution in [3.05, 3.63) is 100 Å². The Morgan fingerprint density at radius 3 is 2.65 bits per heavy atom. The van der Waals surface area contributed by atoms with Crippen LogP contribution in [0.2, 0.25) is 0 Å². The average Bonchev–Trinajstić information content (AvgIpc) is 3.57. The number of aryl methyl sites for hydroxylation is 1. The number of hydrogen-bond acceptors (Lipinski definition) is 8. The van der Waals surface area contributed by atoms with Crippen molar-refractivity contribution in [2.75, 3.05) is 7.05 Å². The van der Waals surface area contributed by atoms with Crippen molar-refractivity contribution >= 4 is 28.9 Å². The van der Waals surface area contributed by atoms with Gasteiger partial charge in [-0.15, -0.1) is 11.3 Å². The van der Waals surface area contributed by atoms with Gasteiger partial charge in [0.2, 0.25) is 11.8 Å². The molecule has 1 atom stereocenters. The van der Waals surface area contributed by atoms with Crippen LogP contribution in [0.25, 0.3) is 17.2 Å². The Bertz CT molecular complexity index is 1410. The third-order valence-electron chi connectivity index (χ3n) is 5.59. The average molecular weight is 516 g/mol. The van der Waals surface area contributed by atoms with Crippen molar-refractivity contribution in [3.63, 3.8) is 0 Å². The molecule has 0 saturated heterocycles. The number of carbonyl (C=O) groups is 1. The minimum atomic E-state index is -0.884. The first kappa shape index (κ1) is 26.0. The predicted octanol–water partition coefficient (Wildman–Crippen LogP) is 5.01. The molecule has 9 heteroatoms. The normalized spacial score (nSPS) is 13.1. The molecule has 3 N–H and O–H groups in total. The first-order valence-corrected chi connectivity index (χ1v) is 12.5. The summed E-state index contributed by atoms with van der Waals surface area (Å²) in [6, 6.07) is 15.1. The van der Waals surface area contributed by atoms with E-state index in [0.29, 0.717) is 47.2 Å². The second kappa shape index (κ2) is 11.3. The Balaban J connectivity index is 1.57. The first-order chi connectivity index (χ1) is 17.7. The Hall–Kier alpha value is -4.08. The number of nitrogens with one attached hydrogen (secondary N) is 1. The van der Waals surface area contributed by atoms with Gasteiger partial charge in [-0.2, -0.15) is 0 Å². The molecule has 0 spiro atoms. The number of aromatic nitrogens is 2. The molecule has 4 aromatic rings. The molecule has 0 aliphatic heterocycles. The number of aliphatic imine (C=N–C) groups is 1. The van der Waals surface area contributed by atoms with Gasteiger partial charge >= 0.3 is 0 Å². The van der Waals surface area contributed by atoms with Gasteiger partial charge in [-0.3, -0.25) is 9.79 Å². The molecule has 4 rings (SSSR count). The van der Waals surface area contributed by atoms with Crippen molar-refractivity contribution in [1.29, 1.82) is 0 Å². The lowest BCUT2D eigenvalue weighted by Gasteiger charge is -2.27. The summed E-state index contributed by atoms with van der Waals surface area (Å²) in [5, 5.41) is 5.68. The van der Waals surface area contributed by atoms with Gasteiger partial charge in [0.1, 0.15) is 17.0 Å². The second-order valence-corrected chi connectivity index (χ2v) is 9.78. The number of benzene rings is 2. The Kier molecular flexibility index (Phi) is 7.95. The number of thiazole rings is 1. The largest absolute Gasteiger partial charge is 0.445 e. The third kappa shape index (κ3) is 6.58. The van der Waals surface area contributed by atoms with Crippen LogP contribution in [0.15, 0.2) is 82.4 Å².